The summed E-state index contributed by atoms with van der Waals surface area (Å²) in [5.41, 5.74) is 2.47. The standard InChI is InChI=1S/C14H13N7O/c15-3-1-12(22)18-9-5-8(6-9)14-20-19-11-7-17-13-10(21(11)14)2-4-16-13/h2,4,7-9,16H,1,5-6H2,(H,18,22)/t8-,9-. The largest absolute Gasteiger partial charge is 0.352 e. The molecule has 0 atom stereocenters. The molecule has 1 fully saturated rings. The van der Waals surface area contributed by atoms with Gasteiger partial charge in [0.15, 0.2) is 11.3 Å². The SMILES string of the molecule is N#CCC(=O)N[C@H]1C[C@H](c2nnc3cnc4[nH]ccc4n32)C1. The maximum Gasteiger partial charge on any atom is 0.234 e. The van der Waals surface area contributed by atoms with Crippen LogP contribution in [0.25, 0.3) is 16.8 Å². The van der Waals surface area contributed by atoms with Crippen LogP contribution in [-0.2, 0) is 4.79 Å². The molecule has 3 heterocycles. The van der Waals surface area contributed by atoms with Crippen LogP contribution < -0.4 is 5.32 Å². The molecule has 4 rings (SSSR count). The minimum atomic E-state index is -0.214. The molecule has 3 aromatic heterocycles. The Morgan fingerprint density at radius 2 is 2.36 bits per heavy atom. The van der Waals surface area contributed by atoms with Crippen molar-refractivity contribution in [2.45, 2.75) is 31.2 Å². The summed E-state index contributed by atoms with van der Waals surface area (Å²) < 4.78 is 2.01. The third-order valence-corrected chi connectivity index (χ3v) is 4.07. The monoisotopic (exact) mass is 295 g/mol. The van der Waals surface area contributed by atoms with Gasteiger partial charge in [-0.05, 0) is 18.9 Å². The normalized spacial score (nSPS) is 20.7. The van der Waals surface area contributed by atoms with Gasteiger partial charge in [-0.25, -0.2) is 4.98 Å². The third-order valence-electron chi connectivity index (χ3n) is 4.07. The van der Waals surface area contributed by atoms with Gasteiger partial charge in [0, 0.05) is 18.2 Å². The molecule has 1 saturated carbocycles. The lowest BCUT2D eigenvalue weighted by Crippen LogP contribution is -2.43. The van der Waals surface area contributed by atoms with Crippen molar-refractivity contribution < 1.29 is 4.79 Å². The van der Waals surface area contributed by atoms with Crippen LogP contribution in [0.15, 0.2) is 18.5 Å². The lowest BCUT2D eigenvalue weighted by atomic mass is 9.79. The lowest BCUT2D eigenvalue weighted by Gasteiger charge is -2.34. The van der Waals surface area contributed by atoms with E-state index in [1.165, 1.54) is 0 Å². The summed E-state index contributed by atoms with van der Waals surface area (Å²) in [5.74, 6) is 0.935. The average molecular weight is 295 g/mol. The fourth-order valence-electron chi connectivity index (χ4n) is 2.96. The van der Waals surface area contributed by atoms with Crippen LogP contribution in [0.5, 0.6) is 0 Å². The Labute approximate surface area is 125 Å². The molecule has 0 unspecified atom stereocenters. The van der Waals surface area contributed by atoms with E-state index in [0.29, 0.717) is 0 Å². The van der Waals surface area contributed by atoms with Gasteiger partial charge in [-0.1, -0.05) is 0 Å². The van der Waals surface area contributed by atoms with E-state index >= 15 is 0 Å². The molecule has 1 amide bonds. The molecule has 0 radical (unpaired) electrons. The number of H-pyrrole nitrogens is 1. The second-order valence-corrected chi connectivity index (χ2v) is 5.49. The maximum atomic E-state index is 11.4. The minimum absolute atomic E-state index is 0.0926. The summed E-state index contributed by atoms with van der Waals surface area (Å²) in [6, 6.07) is 3.92. The number of nitrogens with zero attached hydrogens (tertiary/aromatic N) is 5. The summed E-state index contributed by atoms with van der Waals surface area (Å²) in [5, 5.41) is 19.8. The maximum absolute atomic E-state index is 11.4. The van der Waals surface area contributed by atoms with Crippen molar-refractivity contribution in [3.05, 3.63) is 24.3 Å². The molecular weight excluding hydrogens is 282 g/mol. The van der Waals surface area contributed by atoms with Gasteiger partial charge in [-0.3, -0.25) is 9.20 Å². The van der Waals surface area contributed by atoms with Gasteiger partial charge in [0.05, 0.1) is 17.8 Å². The molecular formula is C14H13N7O. The number of rotatable bonds is 3. The molecule has 0 bridgehead atoms. The van der Waals surface area contributed by atoms with Crippen LogP contribution in [0.4, 0.5) is 0 Å². The highest BCUT2D eigenvalue weighted by Crippen LogP contribution is 2.36. The highest BCUT2D eigenvalue weighted by Gasteiger charge is 2.34. The highest BCUT2D eigenvalue weighted by atomic mass is 16.1. The first-order valence-electron chi connectivity index (χ1n) is 7.09. The first kappa shape index (κ1) is 12.8. The quantitative estimate of drug-likeness (QED) is 0.745. The second kappa shape index (κ2) is 4.80. The van der Waals surface area contributed by atoms with E-state index in [2.05, 4.69) is 25.5 Å². The Hall–Kier alpha value is -2.95. The van der Waals surface area contributed by atoms with Gasteiger partial charge in [-0.15, -0.1) is 10.2 Å². The summed E-state index contributed by atoms with van der Waals surface area (Å²) in [7, 11) is 0. The number of nitrogens with one attached hydrogen (secondary N) is 2. The van der Waals surface area contributed by atoms with E-state index in [1.54, 1.807) is 6.20 Å². The molecule has 22 heavy (non-hydrogen) atoms. The summed E-state index contributed by atoms with van der Waals surface area (Å²) >= 11 is 0. The molecule has 0 aliphatic heterocycles. The lowest BCUT2D eigenvalue weighted by molar-refractivity contribution is -0.121. The number of fused-ring (bicyclic) bond motifs is 3. The molecule has 0 spiro atoms. The zero-order valence-electron chi connectivity index (χ0n) is 11.7. The molecule has 1 aliphatic rings. The Morgan fingerprint density at radius 1 is 1.50 bits per heavy atom. The van der Waals surface area contributed by atoms with E-state index in [1.807, 2.05) is 22.7 Å². The van der Waals surface area contributed by atoms with Crippen LogP contribution in [0, 0.1) is 11.3 Å². The molecule has 0 aromatic carbocycles. The third kappa shape index (κ3) is 1.90. The fraction of sp³-hybridized carbons (Fsp3) is 0.357. The number of hydrogen-bond acceptors (Lipinski definition) is 5. The van der Waals surface area contributed by atoms with E-state index < -0.39 is 0 Å². The molecule has 110 valence electrons. The number of aromatic nitrogens is 5. The smallest absolute Gasteiger partial charge is 0.234 e. The van der Waals surface area contributed by atoms with Crippen molar-refractivity contribution in [2.75, 3.05) is 0 Å². The van der Waals surface area contributed by atoms with Crippen molar-refractivity contribution >= 4 is 22.7 Å². The number of carbonyl (C=O) groups excluding carboxylic acids is 1. The first-order chi connectivity index (χ1) is 10.8. The van der Waals surface area contributed by atoms with Crippen molar-refractivity contribution in [1.82, 2.24) is 29.9 Å². The number of nitriles is 1. The Morgan fingerprint density at radius 3 is 3.18 bits per heavy atom. The number of amides is 1. The molecule has 1 aliphatic carbocycles. The average Bonchev–Trinajstić information content (AvgIpc) is 3.08. The Kier molecular flexibility index (Phi) is 2.79. The number of carbonyl (C=O) groups is 1. The zero-order valence-corrected chi connectivity index (χ0v) is 11.7. The number of hydrogen-bond donors (Lipinski definition) is 2. The topological polar surface area (TPSA) is 112 Å². The van der Waals surface area contributed by atoms with Crippen molar-refractivity contribution in [1.29, 1.82) is 5.26 Å². The highest BCUT2D eigenvalue weighted by molar-refractivity contribution is 5.78. The van der Waals surface area contributed by atoms with Crippen LogP contribution in [0.3, 0.4) is 0 Å². The molecule has 3 aromatic rings. The summed E-state index contributed by atoms with van der Waals surface area (Å²) in [6.45, 7) is 0. The summed E-state index contributed by atoms with van der Waals surface area (Å²) in [6.07, 6.45) is 5.07. The van der Waals surface area contributed by atoms with E-state index in [0.717, 1.165) is 35.5 Å². The van der Waals surface area contributed by atoms with E-state index in [-0.39, 0.29) is 24.3 Å². The molecule has 8 heteroatoms. The van der Waals surface area contributed by atoms with Crippen molar-refractivity contribution in [3.63, 3.8) is 0 Å². The Balaban J connectivity index is 1.58. The molecule has 8 nitrogen and oxygen atoms in total. The van der Waals surface area contributed by atoms with Crippen LogP contribution in [0.1, 0.15) is 31.0 Å². The van der Waals surface area contributed by atoms with E-state index in [4.69, 9.17) is 5.26 Å². The predicted octanol–water partition coefficient (Wildman–Crippen LogP) is 0.881. The van der Waals surface area contributed by atoms with Crippen LogP contribution in [-0.4, -0.2) is 36.5 Å². The van der Waals surface area contributed by atoms with Crippen LogP contribution >= 0.6 is 0 Å². The summed E-state index contributed by atoms with van der Waals surface area (Å²) in [4.78, 5) is 18.8. The van der Waals surface area contributed by atoms with Gasteiger partial charge < -0.3 is 10.3 Å². The van der Waals surface area contributed by atoms with E-state index in [9.17, 15) is 4.79 Å². The predicted molar refractivity (Wildman–Crippen MR) is 76.8 cm³/mol. The van der Waals surface area contributed by atoms with Crippen LogP contribution in [0.2, 0.25) is 0 Å². The second-order valence-electron chi connectivity index (χ2n) is 5.49. The van der Waals surface area contributed by atoms with Gasteiger partial charge in [0.1, 0.15) is 12.2 Å². The fourth-order valence-corrected chi connectivity index (χ4v) is 2.96. The minimum Gasteiger partial charge on any atom is -0.352 e. The van der Waals surface area contributed by atoms with Gasteiger partial charge >= 0.3 is 0 Å². The van der Waals surface area contributed by atoms with Gasteiger partial charge in [0.25, 0.3) is 0 Å². The number of aromatic amines is 1. The molecule has 2 N–H and O–H groups in total. The van der Waals surface area contributed by atoms with Gasteiger partial charge in [-0.2, -0.15) is 5.26 Å². The zero-order chi connectivity index (χ0) is 15.1. The Bertz CT molecular complexity index is 897. The molecule has 0 saturated heterocycles. The first-order valence-corrected chi connectivity index (χ1v) is 7.09. The van der Waals surface area contributed by atoms with Gasteiger partial charge in [0.2, 0.25) is 5.91 Å². The van der Waals surface area contributed by atoms with Crippen molar-refractivity contribution in [2.24, 2.45) is 0 Å². The van der Waals surface area contributed by atoms with Crippen molar-refractivity contribution in [3.8, 4) is 6.07 Å².